The van der Waals surface area contributed by atoms with Crippen molar-refractivity contribution in [1.29, 1.82) is 0 Å². The summed E-state index contributed by atoms with van der Waals surface area (Å²) in [6.07, 6.45) is 0. The van der Waals surface area contributed by atoms with Gasteiger partial charge < -0.3 is 10.2 Å². The van der Waals surface area contributed by atoms with Crippen LogP contribution in [0.3, 0.4) is 0 Å². The Morgan fingerprint density at radius 1 is 1.35 bits per heavy atom. The molecule has 4 heteroatoms. The highest BCUT2D eigenvalue weighted by atomic mass is 32.2. The number of anilines is 1. The van der Waals surface area contributed by atoms with Gasteiger partial charge in [0.05, 0.1) is 0 Å². The quantitative estimate of drug-likeness (QED) is 0.909. The topological polar surface area (TPSA) is 15.3 Å². The molecule has 0 spiro atoms. The smallest absolute Gasteiger partial charge is 0.130 e. The predicted octanol–water partition coefficient (Wildman–Crippen LogP) is 3.83. The first-order valence-electron chi connectivity index (χ1n) is 7.45. The van der Waals surface area contributed by atoms with Crippen LogP contribution in [0.1, 0.15) is 39.3 Å². The van der Waals surface area contributed by atoms with Gasteiger partial charge in [-0.15, -0.1) is 0 Å². The second kappa shape index (κ2) is 6.81. The van der Waals surface area contributed by atoms with Gasteiger partial charge in [0.1, 0.15) is 5.82 Å². The third-order valence-corrected chi connectivity index (χ3v) is 4.96. The summed E-state index contributed by atoms with van der Waals surface area (Å²) < 4.78 is 14.3. The van der Waals surface area contributed by atoms with Gasteiger partial charge in [0, 0.05) is 40.9 Å². The van der Waals surface area contributed by atoms with E-state index >= 15 is 0 Å². The first kappa shape index (κ1) is 15.6. The molecule has 3 unspecified atom stereocenters. The molecule has 0 aromatic heterocycles. The molecule has 0 bridgehead atoms. The molecule has 112 valence electrons. The highest BCUT2D eigenvalue weighted by Gasteiger charge is 2.26. The van der Waals surface area contributed by atoms with E-state index in [0.29, 0.717) is 10.5 Å². The van der Waals surface area contributed by atoms with E-state index < -0.39 is 0 Å². The minimum atomic E-state index is -0.102. The number of hydrogen-bond donors (Lipinski definition) is 1. The van der Waals surface area contributed by atoms with Crippen LogP contribution in [-0.2, 0) is 0 Å². The van der Waals surface area contributed by atoms with Crippen molar-refractivity contribution < 1.29 is 4.39 Å². The van der Waals surface area contributed by atoms with E-state index in [0.717, 1.165) is 30.9 Å². The van der Waals surface area contributed by atoms with Crippen LogP contribution in [-0.4, -0.2) is 30.1 Å². The fourth-order valence-corrected chi connectivity index (χ4v) is 4.34. The number of benzene rings is 1. The molecule has 1 saturated heterocycles. The number of nitrogens with one attached hydrogen (secondary N) is 1. The molecule has 2 rings (SSSR count). The molecule has 1 fully saturated rings. The van der Waals surface area contributed by atoms with Crippen LogP contribution in [0.15, 0.2) is 18.2 Å². The van der Waals surface area contributed by atoms with E-state index in [2.05, 4.69) is 37.1 Å². The molecule has 0 radical (unpaired) electrons. The summed E-state index contributed by atoms with van der Waals surface area (Å²) in [6, 6.07) is 5.49. The van der Waals surface area contributed by atoms with Crippen molar-refractivity contribution in [2.45, 2.75) is 44.2 Å². The summed E-state index contributed by atoms with van der Waals surface area (Å²) in [4.78, 5) is 2.35. The second-order valence-corrected chi connectivity index (χ2v) is 7.50. The van der Waals surface area contributed by atoms with Crippen LogP contribution in [0, 0.1) is 5.82 Å². The van der Waals surface area contributed by atoms with Gasteiger partial charge in [0.15, 0.2) is 0 Å². The Kier molecular flexibility index (Phi) is 5.33. The molecule has 2 nitrogen and oxygen atoms in total. The predicted molar refractivity (Wildman–Crippen MR) is 87.2 cm³/mol. The highest BCUT2D eigenvalue weighted by molar-refractivity contribution is 8.00. The normalized spacial score (nSPS) is 24.8. The lowest BCUT2D eigenvalue weighted by atomic mass is 10.0. The third kappa shape index (κ3) is 3.47. The van der Waals surface area contributed by atoms with E-state index in [1.54, 1.807) is 6.07 Å². The Morgan fingerprint density at radius 2 is 2.00 bits per heavy atom. The molecule has 0 saturated carbocycles. The lowest BCUT2D eigenvalue weighted by Gasteiger charge is -2.38. The van der Waals surface area contributed by atoms with Crippen molar-refractivity contribution in [1.82, 2.24) is 5.32 Å². The number of rotatable bonds is 4. The molecule has 1 aliphatic rings. The largest absolute Gasteiger partial charge is 0.369 e. The van der Waals surface area contributed by atoms with Gasteiger partial charge in [-0.2, -0.15) is 11.8 Å². The fraction of sp³-hybridized carbons (Fsp3) is 0.625. The van der Waals surface area contributed by atoms with Crippen molar-refractivity contribution in [3.63, 3.8) is 0 Å². The van der Waals surface area contributed by atoms with Crippen LogP contribution >= 0.6 is 11.8 Å². The molecule has 3 atom stereocenters. The average molecular weight is 296 g/mol. The molecule has 1 aromatic rings. The number of nitrogens with zero attached hydrogens (tertiary/aromatic N) is 1. The molecule has 1 N–H and O–H groups in total. The number of hydrogen-bond acceptors (Lipinski definition) is 3. The highest BCUT2D eigenvalue weighted by Crippen LogP contribution is 2.34. The summed E-state index contributed by atoms with van der Waals surface area (Å²) in [5.41, 5.74) is 1.86. The van der Waals surface area contributed by atoms with E-state index in [9.17, 15) is 4.39 Å². The van der Waals surface area contributed by atoms with Crippen LogP contribution in [0.25, 0.3) is 0 Å². The van der Waals surface area contributed by atoms with Crippen molar-refractivity contribution in [2.24, 2.45) is 0 Å². The van der Waals surface area contributed by atoms with Crippen LogP contribution in [0.2, 0.25) is 0 Å². The molecular weight excluding hydrogens is 271 g/mol. The van der Waals surface area contributed by atoms with Gasteiger partial charge in [-0.1, -0.05) is 26.8 Å². The van der Waals surface area contributed by atoms with Crippen molar-refractivity contribution in [3.05, 3.63) is 29.6 Å². The first-order valence-corrected chi connectivity index (χ1v) is 8.39. The molecule has 1 aliphatic heterocycles. The zero-order chi connectivity index (χ0) is 14.7. The minimum absolute atomic E-state index is 0.0383. The van der Waals surface area contributed by atoms with Crippen LogP contribution < -0.4 is 10.2 Å². The van der Waals surface area contributed by atoms with Crippen LogP contribution in [0.4, 0.5) is 10.1 Å². The summed E-state index contributed by atoms with van der Waals surface area (Å²) in [7, 11) is 0. The summed E-state index contributed by atoms with van der Waals surface area (Å²) in [6.45, 7) is 11.4. The monoisotopic (exact) mass is 296 g/mol. The molecule has 0 amide bonds. The average Bonchev–Trinajstić information content (AvgIpc) is 2.37. The van der Waals surface area contributed by atoms with Crippen molar-refractivity contribution in [2.75, 3.05) is 24.5 Å². The molecule has 1 heterocycles. The van der Waals surface area contributed by atoms with Gasteiger partial charge in [-0.05, 0) is 25.6 Å². The van der Waals surface area contributed by atoms with Gasteiger partial charge >= 0.3 is 0 Å². The first-order chi connectivity index (χ1) is 9.52. The maximum Gasteiger partial charge on any atom is 0.130 e. The van der Waals surface area contributed by atoms with Crippen molar-refractivity contribution in [3.8, 4) is 0 Å². The standard InChI is InChI=1S/C16H25FN2S/c1-5-18-13(4)16-14(17)7-6-8-15(16)19-9-11(2)20-12(3)10-19/h6-8,11-13,18H,5,9-10H2,1-4H3. The zero-order valence-electron chi connectivity index (χ0n) is 12.8. The Hall–Kier alpha value is -0.740. The Bertz CT molecular complexity index is 442. The van der Waals surface area contributed by atoms with E-state index in [1.807, 2.05) is 24.8 Å². The maximum atomic E-state index is 14.3. The van der Waals surface area contributed by atoms with Crippen molar-refractivity contribution >= 4 is 17.4 Å². The van der Waals surface area contributed by atoms with Gasteiger partial charge in [0.25, 0.3) is 0 Å². The Morgan fingerprint density at radius 3 is 2.60 bits per heavy atom. The lowest BCUT2D eigenvalue weighted by molar-refractivity contribution is 0.538. The van der Waals surface area contributed by atoms with E-state index in [-0.39, 0.29) is 11.9 Å². The third-order valence-electron chi connectivity index (χ3n) is 3.73. The summed E-state index contributed by atoms with van der Waals surface area (Å²) in [5.74, 6) is -0.102. The summed E-state index contributed by atoms with van der Waals surface area (Å²) in [5, 5.41) is 4.51. The number of thioether (sulfide) groups is 1. The maximum absolute atomic E-state index is 14.3. The fourth-order valence-electron chi connectivity index (χ4n) is 3.01. The van der Waals surface area contributed by atoms with E-state index in [1.165, 1.54) is 0 Å². The summed E-state index contributed by atoms with van der Waals surface area (Å²) >= 11 is 2.02. The Balaban J connectivity index is 2.33. The molecule has 0 aliphatic carbocycles. The zero-order valence-corrected chi connectivity index (χ0v) is 13.6. The molecular formula is C16H25FN2S. The van der Waals surface area contributed by atoms with Gasteiger partial charge in [-0.3, -0.25) is 0 Å². The minimum Gasteiger partial charge on any atom is -0.369 e. The SMILES string of the molecule is CCNC(C)c1c(F)cccc1N1CC(C)SC(C)C1. The van der Waals surface area contributed by atoms with Crippen LogP contribution in [0.5, 0.6) is 0 Å². The lowest BCUT2D eigenvalue weighted by Crippen LogP contribution is -2.41. The second-order valence-electron chi connectivity index (χ2n) is 5.61. The van der Waals surface area contributed by atoms with E-state index in [4.69, 9.17) is 0 Å². The number of halogens is 1. The molecule has 1 aromatic carbocycles. The Labute approximate surface area is 126 Å². The van der Waals surface area contributed by atoms with Gasteiger partial charge in [-0.25, -0.2) is 4.39 Å². The van der Waals surface area contributed by atoms with Gasteiger partial charge in [0.2, 0.25) is 0 Å². The molecule has 20 heavy (non-hydrogen) atoms.